The summed E-state index contributed by atoms with van der Waals surface area (Å²) in [7, 11) is 0. The zero-order valence-electron chi connectivity index (χ0n) is 12.7. The van der Waals surface area contributed by atoms with Crippen molar-refractivity contribution in [2.45, 2.75) is 17.7 Å². The van der Waals surface area contributed by atoms with E-state index in [0.29, 0.717) is 12.8 Å². The van der Waals surface area contributed by atoms with Crippen LogP contribution in [-0.4, -0.2) is 16.5 Å². The van der Waals surface area contributed by atoms with Crippen molar-refractivity contribution in [3.8, 4) is 22.6 Å². The van der Waals surface area contributed by atoms with E-state index in [1.54, 1.807) is 30.0 Å². The Labute approximate surface area is 135 Å². The van der Waals surface area contributed by atoms with Gasteiger partial charge in [0.1, 0.15) is 11.5 Å². The molecule has 2 N–H and O–H groups in total. The average molecular weight is 312 g/mol. The predicted molar refractivity (Wildman–Crippen MR) is 94.8 cm³/mol. The van der Waals surface area contributed by atoms with Gasteiger partial charge < -0.3 is 10.2 Å². The van der Waals surface area contributed by atoms with Gasteiger partial charge in [0.25, 0.3) is 0 Å². The molecule has 22 heavy (non-hydrogen) atoms. The third kappa shape index (κ3) is 3.37. The van der Waals surface area contributed by atoms with Crippen LogP contribution in [0.25, 0.3) is 11.1 Å². The third-order valence-electron chi connectivity index (χ3n) is 3.52. The van der Waals surface area contributed by atoms with Gasteiger partial charge in [0.05, 0.1) is 0 Å². The number of hydrogen-bond donors (Lipinski definition) is 2. The Bertz CT molecular complexity index is 705. The maximum atomic E-state index is 10.5. The zero-order valence-corrected chi connectivity index (χ0v) is 13.5. The number of benzene rings is 2. The molecule has 3 heteroatoms. The maximum Gasteiger partial charge on any atom is 0.126 e. The van der Waals surface area contributed by atoms with Gasteiger partial charge in [0.15, 0.2) is 0 Å². The van der Waals surface area contributed by atoms with E-state index in [1.165, 1.54) is 0 Å². The maximum absolute atomic E-state index is 10.5. The lowest BCUT2D eigenvalue weighted by Gasteiger charge is -2.13. The first kappa shape index (κ1) is 16.2. The molecule has 0 fully saturated rings. The summed E-state index contributed by atoms with van der Waals surface area (Å²) in [6.45, 7) is 7.45. The van der Waals surface area contributed by atoms with Gasteiger partial charge in [-0.15, -0.1) is 24.9 Å². The lowest BCUT2D eigenvalue weighted by molar-refractivity contribution is 0.468. The molecule has 0 bridgehead atoms. The van der Waals surface area contributed by atoms with Crippen LogP contribution in [0.2, 0.25) is 0 Å². The van der Waals surface area contributed by atoms with Crippen molar-refractivity contribution in [3.63, 3.8) is 0 Å². The van der Waals surface area contributed by atoms with Crippen LogP contribution in [0.4, 0.5) is 0 Å². The molecule has 2 rings (SSSR count). The minimum Gasteiger partial charge on any atom is -0.508 e. The molecule has 0 heterocycles. The van der Waals surface area contributed by atoms with Crippen molar-refractivity contribution in [1.82, 2.24) is 0 Å². The quantitative estimate of drug-likeness (QED) is 0.586. The summed E-state index contributed by atoms with van der Waals surface area (Å²) >= 11 is 1.63. The molecule has 114 valence electrons. The van der Waals surface area contributed by atoms with E-state index in [0.717, 1.165) is 27.1 Å². The van der Waals surface area contributed by atoms with E-state index >= 15 is 0 Å². The Morgan fingerprint density at radius 1 is 1.00 bits per heavy atom. The SMILES string of the molecule is C=CCc1cc(-c2cc(SC)cc(CC=C)c2O)ccc1O. The van der Waals surface area contributed by atoms with Crippen molar-refractivity contribution >= 4 is 11.8 Å². The Balaban J connectivity index is 2.60. The molecule has 0 aliphatic carbocycles. The normalized spacial score (nSPS) is 10.4. The molecule has 0 amide bonds. The fraction of sp³-hybridized carbons (Fsp3) is 0.158. The van der Waals surface area contributed by atoms with Crippen molar-refractivity contribution in [1.29, 1.82) is 0 Å². The van der Waals surface area contributed by atoms with E-state index in [-0.39, 0.29) is 11.5 Å². The molecule has 0 saturated heterocycles. The van der Waals surface area contributed by atoms with Crippen LogP contribution in [-0.2, 0) is 12.8 Å². The van der Waals surface area contributed by atoms with Crippen LogP contribution in [0.1, 0.15) is 11.1 Å². The second-order valence-corrected chi connectivity index (χ2v) is 5.89. The summed E-state index contributed by atoms with van der Waals surface area (Å²) in [4.78, 5) is 1.09. The van der Waals surface area contributed by atoms with Crippen molar-refractivity contribution in [2.24, 2.45) is 0 Å². The molecular formula is C19H20O2S. The number of aromatic hydroxyl groups is 2. The van der Waals surface area contributed by atoms with Crippen molar-refractivity contribution in [2.75, 3.05) is 6.26 Å². The van der Waals surface area contributed by atoms with Crippen LogP contribution in [0.5, 0.6) is 11.5 Å². The lowest BCUT2D eigenvalue weighted by Crippen LogP contribution is -1.90. The Morgan fingerprint density at radius 2 is 1.68 bits per heavy atom. The molecule has 0 aliphatic rings. The fourth-order valence-corrected chi connectivity index (χ4v) is 2.88. The molecule has 0 spiro atoms. The number of allylic oxidation sites excluding steroid dienone is 2. The van der Waals surface area contributed by atoms with Crippen molar-refractivity contribution < 1.29 is 10.2 Å². The smallest absolute Gasteiger partial charge is 0.126 e. The highest BCUT2D eigenvalue weighted by Crippen LogP contribution is 2.38. The van der Waals surface area contributed by atoms with E-state index in [4.69, 9.17) is 0 Å². The number of thioether (sulfide) groups is 1. The van der Waals surface area contributed by atoms with Gasteiger partial charge in [-0.05, 0) is 60.1 Å². The van der Waals surface area contributed by atoms with Gasteiger partial charge in [-0.2, -0.15) is 0 Å². The number of hydrogen-bond acceptors (Lipinski definition) is 3. The molecule has 0 radical (unpaired) electrons. The lowest BCUT2D eigenvalue weighted by atomic mass is 9.97. The van der Waals surface area contributed by atoms with Crippen LogP contribution in [0, 0.1) is 0 Å². The minimum atomic E-state index is 0.246. The first-order valence-corrected chi connectivity index (χ1v) is 8.27. The molecule has 2 nitrogen and oxygen atoms in total. The molecule has 0 unspecified atom stereocenters. The summed E-state index contributed by atoms with van der Waals surface area (Å²) < 4.78 is 0. The molecular weight excluding hydrogens is 292 g/mol. The second kappa shape index (κ2) is 7.23. The average Bonchev–Trinajstić information content (AvgIpc) is 2.52. The predicted octanol–water partition coefficient (Wildman–Crippen LogP) is 4.94. The molecule has 0 aliphatic heterocycles. The van der Waals surface area contributed by atoms with Crippen LogP contribution in [0.15, 0.2) is 60.5 Å². The first-order valence-electron chi connectivity index (χ1n) is 7.04. The highest BCUT2D eigenvalue weighted by atomic mass is 32.2. The number of rotatable bonds is 6. The summed E-state index contributed by atoms with van der Waals surface area (Å²) in [6, 6.07) is 9.33. The topological polar surface area (TPSA) is 40.5 Å². The van der Waals surface area contributed by atoms with Gasteiger partial charge >= 0.3 is 0 Å². The standard InChI is InChI=1S/C19H20O2S/c1-4-6-14-10-13(8-9-18(14)20)17-12-16(22-3)11-15(7-5-2)19(17)21/h4-5,8-12,20-21H,1-2,6-7H2,3H3. The second-order valence-electron chi connectivity index (χ2n) is 5.01. The van der Waals surface area contributed by atoms with Crippen LogP contribution < -0.4 is 0 Å². The van der Waals surface area contributed by atoms with E-state index in [1.807, 2.05) is 30.5 Å². The van der Waals surface area contributed by atoms with E-state index in [2.05, 4.69) is 13.2 Å². The molecule has 2 aromatic rings. The fourth-order valence-electron chi connectivity index (χ4n) is 2.39. The molecule has 2 aromatic carbocycles. The third-order valence-corrected chi connectivity index (χ3v) is 4.22. The van der Waals surface area contributed by atoms with E-state index < -0.39 is 0 Å². The van der Waals surface area contributed by atoms with Crippen molar-refractivity contribution in [3.05, 3.63) is 66.8 Å². The highest BCUT2D eigenvalue weighted by Gasteiger charge is 2.12. The summed E-state index contributed by atoms with van der Waals surface area (Å²) in [6.07, 6.45) is 6.74. The van der Waals surface area contributed by atoms with Gasteiger partial charge in [-0.1, -0.05) is 18.2 Å². The highest BCUT2D eigenvalue weighted by molar-refractivity contribution is 7.98. The largest absolute Gasteiger partial charge is 0.508 e. The number of phenolic OH excluding ortho intramolecular Hbond substituents is 2. The summed E-state index contributed by atoms with van der Waals surface area (Å²) in [5.41, 5.74) is 3.31. The monoisotopic (exact) mass is 312 g/mol. The molecule has 0 saturated carbocycles. The van der Waals surface area contributed by atoms with Gasteiger partial charge in [-0.3, -0.25) is 0 Å². The number of phenols is 2. The van der Waals surface area contributed by atoms with Crippen LogP contribution >= 0.6 is 11.8 Å². The first-order chi connectivity index (χ1) is 10.6. The zero-order chi connectivity index (χ0) is 16.1. The van der Waals surface area contributed by atoms with Gasteiger partial charge in [0, 0.05) is 10.5 Å². The Morgan fingerprint density at radius 3 is 2.32 bits per heavy atom. The van der Waals surface area contributed by atoms with E-state index in [9.17, 15) is 10.2 Å². The minimum absolute atomic E-state index is 0.246. The van der Waals surface area contributed by atoms with Gasteiger partial charge in [0.2, 0.25) is 0 Å². The van der Waals surface area contributed by atoms with Crippen LogP contribution in [0.3, 0.4) is 0 Å². The summed E-state index contributed by atoms with van der Waals surface area (Å²) in [5, 5.41) is 20.4. The Hall–Kier alpha value is -2.13. The molecule has 0 atom stereocenters. The summed E-state index contributed by atoms with van der Waals surface area (Å²) in [5.74, 6) is 0.517. The Kier molecular flexibility index (Phi) is 5.34. The molecule has 0 aromatic heterocycles. The van der Waals surface area contributed by atoms with Gasteiger partial charge in [-0.25, -0.2) is 0 Å².